The van der Waals surface area contributed by atoms with E-state index in [2.05, 4.69) is 9.88 Å². The Labute approximate surface area is 82.3 Å². The molecule has 14 heavy (non-hydrogen) atoms. The second kappa shape index (κ2) is 4.26. The molecule has 2 rings (SSSR count). The first-order valence-electron chi connectivity index (χ1n) is 4.57. The van der Waals surface area contributed by atoms with Crippen LogP contribution in [0.5, 0.6) is 0 Å². The number of hydrogen-bond acceptors (Lipinski definition) is 5. The number of pyridine rings is 1. The fraction of sp³-hybridized carbons (Fsp3) is 0.444. The molecular formula is C9H12N3O2-. The van der Waals surface area contributed by atoms with Crippen molar-refractivity contribution in [3.63, 3.8) is 0 Å². The number of ether oxygens (including phenoxy) is 1. The molecule has 5 heteroatoms. The van der Waals surface area contributed by atoms with Crippen LogP contribution in [0.25, 0.3) is 0 Å². The van der Waals surface area contributed by atoms with Gasteiger partial charge in [0.1, 0.15) is 5.82 Å². The maximum absolute atomic E-state index is 10.3. The molecule has 1 saturated heterocycles. The summed E-state index contributed by atoms with van der Waals surface area (Å²) in [5, 5.41) is 10.3. The van der Waals surface area contributed by atoms with Gasteiger partial charge in [0.05, 0.1) is 25.1 Å². The van der Waals surface area contributed by atoms with Gasteiger partial charge in [0.25, 0.3) is 0 Å². The van der Waals surface area contributed by atoms with Crippen LogP contribution >= 0.6 is 0 Å². The maximum Gasteiger partial charge on any atom is 0.115 e. The van der Waals surface area contributed by atoms with Gasteiger partial charge in [-0.3, -0.25) is 0 Å². The van der Waals surface area contributed by atoms with Crippen LogP contribution in [0.15, 0.2) is 18.3 Å². The molecule has 2 heterocycles. The highest BCUT2D eigenvalue weighted by Crippen LogP contribution is 2.15. The highest BCUT2D eigenvalue weighted by Gasteiger charge is 2.10. The van der Waals surface area contributed by atoms with Gasteiger partial charge in [0.15, 0.2) is 0 Å². The Morgan fingerprint density at radius 1 is 1.36 bits per heavy atom. The molecule has 0 aromatic carbocycles. The van der Waals surface area contributed by atoms with Gasteiger partial charge in [-0.15, -0.1) is 0 Å². The summed E-state index contributed by atoms with van der Waals surface area (Å²) in [4.78, 5) is 6.15. The number of aromatic nitrogens is 1. The van der Waals surface area contributed by atoms with Gasteiger partial charge in [-0.2, -0.15) is 0 Å². The molecule has 0 bridgehead atoms. The van der Waals surface area contributed by atoms with Crippen molar-refractivity contribution in [3.8, 4) is 0 Å². The van der Waals surface area contributed by atoms with E-state index >= 15 is 0 Å². The number of anilines is 2. The van der Waals surface area contributed by atoms with Gasteiger partial charge < -0.3 is 20.3 Å². The Bertz CT molecular complexity index is 283. The molecule has 0 unspecified atom stereocenters. The molecule has 5 nitrogen and oxygen atoms in total. The summed E-state index contributed by atoms with van der Waals surface area (Å²) < 4.78 is 5.24. The number of hydrogen-bond donors (Lipinski definition) is 1. The minimum Gasteiger partial charge on any atom is -0.760 e. The first kappa shape index (κ1) is 9.23. The molecule has 0 atom stereocenters. The van der Waals surface area contributed by atoms with Gasteiger partial charge in [-0.25, -0.2) is 4.98 Å². The van der Waals surface area contributed by atoms with E-state index < -0.39 is 0 Å². The molecular weight excluding hydrogens is 182 g/mol. The van der Waals surface area contributed by atoms with E-state index in [9.17, 15) is 5.21 Å². The molecule has 1 aromatic heterocycles. The summed E-state index contributed by atoms with van der Waals surface area (Å²) in [5.41, 5.74) is 2.79. The van der Waals surface area contributed by atoms with Crippen LogP contribution in [0.3, 0.4) is 0 Å². The number of nitrogens with zero attached hydrogens (tertiary/aromatic N) is 2. The first-order chi connectivity index (χ1) is 6.90. The quantitative estimate of drug-likeness (QED) is 0.706. The summed E-state index contributed by atoms with van der Waals surface area (Å²) in [6.45, 7) is 3.26. The Morgan fingerprint density at radius 3 is 2.71 bits per heavy atom. The minimum atomic E-state index is 0.349. The summed E-state index contributed by atoms with van der Waals surface area (Å²) in [6, 6.07) is 3.57. The van der Waals surface area contributed by atoms with Crippen LogP contribution in [0.2, 0.25) is 0 Å². The molecule has 1 aliphatic rings. The summed E-state index contributed by atoms with van der Waals surface area (Å²) in [7, 11) is 0. The van der Waals surface area contributed by atoms with E-state index in [-0.39, 0.29) is 0 Å². The van der Waals surface area contributed by atoms with Crippen LogP contribution < -0.4 is 10.4 Å². The summed E-state index contributed by atoms with van der Waals surface area (Å²) in [5.74, 6) is 0.349. The largest absolute Gasteiger partial charge is 0.760 e. The van der Waals surface area contributed by atoms with E-state index in [4.69, 9.17) is 4.74 Å². The van der Waals surface area contributed by atoms with Gasteiger partial charge in [0.2, 0.25) is 0 Å². The zero-order valence-electron chi connectivity index (χ0n) is 7.77. The van der Waals surface area contributed by atoms with Crippen molar-refractivity contribution in [2.24, 2.45) is 0 Å². The number of morpholine rings is 1. The smallest absolute Gasteiger partial charge is 0.115 e. The molecule has 0 spiro atoms. The predicted octanol–water partition coefficient (Wildman–Crippen LogP) is 0.828. The molecule has 1 fully saturated rings. The molecule has 1 N–H and O–H groups in total. The average Bonchev–Trinajstić information content (AvgIpc) is 2.30. The van der Waals surface area contributed by atoms with Crippen molar-refractivity contribution in [2.75, 3.05) is 36.7 Å². The maximum atomic E-state index is 10.3. The summed E-state index contributed by atoms with van der Waals surface area (Å²) >= 11 is 0. The van der Waals surface area contributed by atoms with E-state index in [1.54, 1.807) is 17.7 Å². The Balaban J connectivity index is 2.07. The van der Waals surface area contributed by atoms with Gasteiger partial charge >= 0.3 is 0 Å². The third kappa shape index (κ3) is 1.94. The molecule has 0 aliphatic carbocycles. The van der Waals surface area contributed by atoms with Gasteiger partial charge in [-0.1, -0.05) is 0 Å². The predicted molar refractivity (Wildman–Crippen MR) is 54.3 cm³/mol. The van der Waals surface area contributed by atoms with Gasteiger partial charge in [0, 0.05) is 13.1 Å². The van der Waals surface area contributed by atoms with E-state index in [0.29, 0.717) is 5.82 Å². The summed E-state index contributed by atoms with van der Waals surface area (Å²) in [6.07, 6.45) is 1.70. The molecule has 0 amide bonds. The molecule has 1 aliphatic heterocycles. The molecule has 1 aromatic rings. The fourth-order valence-electron chi connectivity index (χ4n) is 1.46. The van der Waals surface area contributed by atoms with Crippen molar-refractivity contribution in [2.45, 2.75) is 0 Å². The van der Waals surface area contributed by atoms with Crippen LogP contribution in [-0.2, 0) is 4.74 Å². The van der Waals surface area contributed by atoms with Crippen molar-refractivity contribution < 1.29 is 4.74 Å². The second-order valence-corrected chi connectivity index (χ2v) is 3.10. The van der Waals surface area contributed by atoms with Crippen LogP contribution in [0.4, 0.5) is 11.5 Å². The van der Waals surface area contributed by atoms with Crippen LogP contribution in [-0.4, -0.2) is 31.3 Å². The zero-order chi connectivity index (χ0) is 9.80. The number of rotatable bonds is 2. The Kier molecular flexibility index (Phi) is 2.81. The van der Waals surface area contributed by atoms with Crippen LogP contribution in [0.1, 0.15) is 0 Å². The average molecular weight is 194 g/mol. The van der Waals surface area contributed by atoms with Crippen molar-refractivity contribution in [1.29, 1.82) is 0 Å². The third-order valence-electron chi connectivity index (χ3n) is 2.23. The van der Waals surface area contributed by atoms with Crippen molar-refractivity contribution >= 4 is 11.5 Å². The SMILES string of the molecule is [O-]Nc1ccc(N2CCOCC2)cn1. The lowest BCUT2D eigenvalue weighted by Crippen LogP contribution is -2.36. The fourth-order valence-corrected chi connectivity index (χ4v) is 1.46. The topological polar surface area (TPSA) is 60.5 Å². The normalized spacial score (nSPS) is 16.8. The first-order valence-corrected chi connectivity index (χ1v) is 4.57. The standard InChI is InChI=1S/C9H12N3O2/c13-11-9-2-1-8(7-10-9)12-3-5-14-6-4-12/h1-2,7H,3-6H2,(H-,10,11,13)/q-1. The third-order valence-corrected chi connectivity index (χ3v) is 2.23. The Hall–Kier alpha value is -1.33. The minimum absolute atomic E-state index is 0.349. The highest BCUT2D eigenvalue weighted by atomic mass is 16.5. The van der Waals surface area contributed by atoms with Crippen molar-refractivity contribution in [3.05, 3.63) is 23.5 Å². The van der Waals surface area contributed by atoms with E-state index in [1.807, 2.05) is 6.07 Å². The van der Waals surface area contributed by atoms with E-state index in [0.717, 1.165) is 32.0 Å². The molecule has 0 saturated carbocycles. The lowest BCUT2D eigenvalue weighted by molar-refractivity contribution is 0.122. The van der Waals surface area contributed by atoms with Gasteiger partial charge in [-0.05, 0) is 12.1 Å². The zero-order valence-corrected chi connectivity index (χ0v) is 7.77. The lowest BCUT2D eigenvalue weighted by Gasteiger charge is -2.28. The highest BCUT2D eigenvalue weighted by molar-refractivity contribution is 5.49. The lowest BCUT2D eigenvalue weighted by atomic mass is 10.3. The van der Waals surface area contributed by atoms with E-state index in [1.165, 1.54) is 0 Å². The molecule has 0 radical (unpaired) electrons. The van der Waals surface area contributed by atoms with Crippen LogP contribution in [0, 0.1) is 5.21 Å². The second-order valence-electron chi connectivity index (χ2n) is 3.10. The monoisotopic (exact) mass is 194 g/mol. The molecule has 76 valence electrons. The number of nitrogens with one attached hydrogen (secondary N) is 1. The van der Waals surface area contributed by atoms with Crippen molar-refractivity contribution in [1.82, 2.24) is 4.98 Å². The Morgan fingerprint density at radius 2 is 2.14 bits per heavy atom.